The van der Waals surface area contributed by atoms with Crippen molar-refractivity contribution in [2.75, 3.05) is 31.7 Å². The van der Waals surface area contributed by atoms with Crippen LogP contribution in [0, 0.1) is 11.8 Å². The number of anilines is 1. The summed E-state index contributed by atoms with van der Waals surface area (Å²) in [5.41, 5.74) is 2.82. The van der Waals surface area contributed by atoms with Gasteiger partial charge in [-0.3, -0.25) is 4.98 Å². The fourth-order valence-corrected chi connectivity index (χ4v) is 5.71. The second kappa shape index (κ2) is 11.8. The summed E-state index contributed by atoms with van der Waals surface area (Å²) in [6, 6.07) is 2.37. The van der Waals surface area contributed by atoms with Crippen LogP contribution in [0.4, 0.5) is 10.5 Å². The average Bonchev–Trinajstić information content (AvgIpc) is 2.91. The molecule has 0 fully saturated rings. The molecule has 1 aromatic rings. The molecule has 8 heteroatoms. The quantitative estimate of drug-likeness (QED) is 0.336. The molecule has 0 bridgehead atoms. The molecular formula is C20H31N3O4Si. The first kappa shape index (κ1) is 22.4. The first-order valence-electron chi connectivity index (χ1n) is 10.0. The lowest BCUT2D eigenvalue weighted by molar-refractivity contribution is 0.0708. The Hall–Kier alpha value is -1.92. The summed E-state index contributed by atoms with van der Waals surface area (Å²) in [4.78, 5) is 16.6. The maximum Gasteiger partial charge on any atom is 0.500 e. The molecule has 1 aliphatic carbocycles. The van der Waals surface area contributed by atoms with E-state index in [1.165, 1.54) is 0 Å². The summed E-state index contributed by atoms with van der Waals surface area (Å²) in [5.74, 6) is 6.23. The molecule has 0 saturated carbocycles. The predicted molar refractivity (Wildman–Crippen MR) is 111 cm³/mol. The summed E-state index contributed by atoms with van der Waals surface area (Å²) < 4.78 is 17.5. The van der Waals surface area contributed by atoms with Gasteiger partial charge >= 0.3 is 14.8 Å². The number of fused-ring (bicyclic) bond motifs is 1. The van der Waals surface area contributed by atoms with Crippen molar-refractivity contribution in [2.24, 2.45) is 0 Å². The summed E-state index contributed by atoms with van der Waals surface area (Å²) >= 11 is 0. The van der Waals surface area contributed by atoms with Gasteiger partial charge in [0.05, 0.1) is 11.9 Å². The molecule has 28 heavy (non-hydrogen) atoms. The first-order chi connectivity index (χ1) is 13.6. The Kier molecular flexibility index (Phi) is 9.44. The van der Waals surface area contributed by atoms with Gasteiger partial charge in [-0.05, 0) is 38.8 Å². The third kappa shape index (κ3) is 6.91. The molecule has 2 N–H and O–H groups in total. The minimum Gasteiger partial charge on any atom is -0.374 e. The molecule has 1 aliphatic rings. The number of aryl methyl sites for hydroxylation is 1. The van der Waals surface area contributed by atoms with Gasteiger partial charge < -0.3 is 23.9 Å². The Morgan fingerprint density at radius 2 is 1.89 bits per heavy atom. The maximum absolute atomic E-state index is 12.2. The van der Waals surface area contributed by atoms with E-state index in [-0.39, 0.29) is 6.03 Å². The molecule has 2 rings (SSSR count). The van der Waals surface area contributed by atoms with Crippen molar-refractivity contribution in [3.63, 3.8) is 0 Å². The van der Waals surface area contributed by atoms with E-state index in [0.717, 1.165) is 30.5 Å². The molecule has 0 aromatic carbocycles. The van der Waals surface area contributed by atoms with Crippen molar-refractivity contribution in [2.45, 2.75) is 52.5 Å². The first-order valence-corrected chi connectivity index (χ1v) is 12.0. The highest BCUT2D eigenvalue weighted by molar-refractivity contribution is 6.60. The van der Waals surface area contributed by atoms with Gasteiger partial charge in [-0.2, -0.15) is 0 Å². The van der Waals surface area contributed by atoms with Crippen LogP contribution in [0.15, 0.2) is 12.3 Å². The van der Waals surface area contributed by atoms with Crippen LogP contribution < -0.4 is 10.6 Å². The number of nitrogens with zero attached hydrogens (tertiary/aromatic N) is 1. The van der Waals surface area contributed by atoms with E-state index in [2.05, 4.69) is 27.5 Å². The van der Waals surface area contributed by atoms with E-state index >= 15 is 0 Å². The van der Waals surface area contributed by atoms with Crippen LogP contribution in [0.25, 0.3) is 0 Å². The molecule has 154 valence electrons. The smallest absolute Gasteiger partial charge is 0.374 e. The van der Waals surface area contributed by atoms with Crippen LogP contribution in [0.5, 0.6) is 0 Å². The molecule has 1 heterocycles. The Morgan fingerprint density at radius 1 is 1.18 bits per heavy atom. The van der Waals surface area contributed by atoms with Gasteiger partial charge in [0.1, 0.15) is 0 Å². The molecule has 1 aromatic heterocycles. The van der Waals surface area contributed by atoms with Crippen molar-refractivity contribution in [1.82, 2.24) is 10.3 Å². The fraction of sp³-hybridized carbons (Fsp3) is 0.600. The van der Waals surface area contributed by atoms with Crippen LogP contribution in [-0.4, -0.2) is 46.2 Å². The van der Waals surface area contributed by atoms with E-state index < -0.39 is 8.80 Å². The number of pyridine rings is 1. The Balaban J connectivity index is 1.80. The number of rotatable bonds is 11. The second-order valence-corrected chi connectivity index (χ2v) is 9.06. The van der Waals surface area contributed by atoms with Gasteiger partial charge in [-0.1, -0.05) is 5.92 Å². The zero-order valence-corrected chi connectivity index (χ0v) is 18.1. The predicted octanol–water partition coefficient (Wildman–Crippen LogP) is 3.13. The molecule has 0 aliphatic heterocycles. The molecule has 0 unspecified atom stereocenters. The molecule has 7 nitrogen and oxygen atoms in total. The van der Waals surface area contributed by atoms with Crippen molar-refractivity contribution in [1.29, 1.82) is 0 Å². The third-order valence-electron chi connectivity index (χ3n) is 4.25. The molecule has 0 spiro atoms. The van der Waals surface area contributed by atoms with Gasteiger partial charge in [-0.25, -0.2) is 4.79 Å². The van der Waals surface area contributed by atoms with Crippen molar-refractivity contribution in [3.8, 4) is 11.8 Å². The van der Waals surface area contributed by atoms with E-state index in [9.17, 15) is 4.79 Å². The summed E-state index contributed by atoms with van der Waals surface area (Å²) in [7, 11) is -2.66. The highest BCUT2D eigenvalue weighted by Crippen LogP contribution is 2.18. The topological polar surface area (TPSA) is 81.7 Å². The average molecular weight is 406 g/mol. The standard InChI is InChI=1S/C20H31N3O4Si/c1-4-25-28(26-5-2,27-6-3)14-10-13-21-20(24)23-18-15-17-11-8-7-9-12-19(17)22-16-18/h15-16H,4-6,9-14H2,1-3H3,(H2,21,23,24). The van der Waals surface area contributed by atoms with Gasteiger partial charge in [0, 0.05) is 57.4 Å². The largest absolute Gasteiger partial charge is 0.500 e. The number of amides is 2. The molecule has 2 amide bonds. The Labute approximate surface area is 168 Å². The number of urea groups is 1. The van der Waals surface area contributed by atoms with Crippen LogP contribution in [-0.2, 0) is 26.1 Å². The summed E-state index contributed by atoms with van der Waals surface area (Å²) in [6.07, 6.45) is 4.79. The summed E-state index contributed by atoms with van der Waals surface area (Å²) in [5, 5.41) is 5.71. The molecular weight excluding hydrogens is 374 g/mol. The summed E-state index contributed by atoms with van der Waals surface area (Å²) in [6.45, 7) is 7.97. The lowest BCUT2D eigenvalue weighted by Crippen LogP contribution is -2.46. The minimum atomic E-state index is -2.66. The maximum atomic E-state index is 12.2. The zero-order valence-electron chi connectivity index (χ0n) is 17.1. The van der Waals surface area contributed by atoms with Crippen molar-refractivity contribution < 1.29 is 18.1 Å². The third-order valence-corrected chi connectivity index (χ3v) is 7.40. The van der Waals surface area contributed by atoms with Crippen LogP contribution in [0.3, 0.4) is 0 Å². The van der Waals surface area contributed by atoms with Crippen molar-refractivity contribution in [3.05, 3.63) is 23.5 Å². The van der Waals surface area contributed by atoms with E-state index in [1.54, 1.807) is 6.20 Å². The number of nitrogens with one attached hydrogen (secondary N) is 2. The number of carbonyl (C=O) groups is 1. The Bertz CT molecular complexity index is 685. The van der Waals surface area contributed by atoms with E-state index in [1.807, 2.05) is 26.8 Å². The number of carbonyl (C=O) groups excluding carboxylic acids is 1. The van der Waals surface area contributed by atoms with Gasteiger partial charge in [-0.15, -0.1) is 5.92 Å². The Morgan fingerprint density at radius 3 is 2.57 bits per heavy atom. The lowest BCUT2D eigenvalue weighted by Gasteiger charge is -2.28. The molecule has 0 saturated heterocycles. The van der Waals surface area contributed by atoms with Gasteiger partial charge in [0.2, 0.25) is 0 Å². The zero-order chi connectivity index (χ0) is 20.2. The van der Waals surface area contributed by atoms with Crippen LogP contribution in [0.1, 0.15) is 44.9 Å². The number of hydrogen-bond acceptors (Lipinski definition) is 5. The van der Waals surface area contributed by atoms with Crippen LogP contribution >= 0.6 is 0 Å². The normalized spacial score (nSPS) is 13.1. The highest BCUT2D eigenvalue weighted by atomic mass is 28.4. The highest BCUT2D eigenvalue weighted by Gasteiger charge is 2.39. The fourth-order valence-electron chi connectivity index (χ4n) is 3.10. The van der Waals surface area contributed by atoms with Gasteiger partial charge in [0.25, 0.3) is 0 Å². The lowest BCUT2D eigenvalue weighted by atomic mass is 10.1. The van der Waals surface area contributed by atoms with E-state index in [4.69, 9.17) is 13.3 Å². The molecule has 0 radical (unpaired) electrons. The second-order valence-electron chi connectivity index (χ2n) is 6.33. The van der Waals surface area contributed by atoms with Crippen molar-refractivity contribution >= 4 is 20.5 Å². The number of aromatic nitrogens is 1. The van der Waals surface area contributed by atoms with Gasteiger partial charge in [0.15, 0.2) is 0 Å². The minimum absolute atomic E-state index is 0.252. The molecule has 0 atom stereocenters. The monoisotopic (exact) mass is 405 g/mol. The number of hydrogen-bond donors (Lipinski definition) is 2. The SMILES string of the molecule is CCO[Si](CCCNC(=O)Nc1cnc2c(c1)CC#CCC2)(OCC)OCC. The van der Waals surface area contributed by atoms with E-state index in [0.29, 0.717) is 44.5 Å². The van der Waals surface area contributed by atoms with Crippen LogP contribution in [0.2, 0.25) is 6.04 Å².